The standard InChI is InChI=1S/C19H20ClN3O4/c1-12-4-6-13(7-5-12)10-21-18(24)19(25)23-22-11-14-8-15(20)17(27-3)16(9-14)26-2/h4-9,11H,10H2,1-3H3,(H,21,24)(H,23,25)/b22-11-. The predicted octanol–water partition coefficient (Wildman–Crippen LogP) is 2.43. The first kappa shape index (κ1) is 20.3. The Bertz CT molecular complexity index is 851. The van der Waals surface area contributed by atoms with Gasteiger partial charge in [0.15, 0.2) is 11.5 Å². The van der Waals surface area contributed by atoms with Gasteiger partial charge in [0.25, 0.3) is 0 Å². The Morgan fingerprint density at radius 3 is 2.44 bits per heavy atom. The number of carbonyl (C=O) groups is 2. The maximum atomic E-state index is 11.8. The Morgan fingerprint density at radius 2 is 1.81 bits per heavy atom. The van der Waals surface area contributed by atoms with Gasteiger partial charge in [0.1, 0.15) is 0 Å². The largest absolute Gasteiger partial charge is 0.493 e. The van der Waals surface area contributed by atoms with Crippen LogP contribution in [-0.2, 0) is 16.1 Å². The number of ether oxygens (including phenoxy) is 2. The fourth-order valence-corrected chi connectivity index (χ4v) is 2.49. The molecule has 0 saturated carbocycles. The van der Waals surface area contributed by atoms with Crippen LogP contribution in [0.4, 0.5) is 0 Å². The van der Waals surface area contributed by atoms with Gasteiger partial charge in [-0.15, -0.1) is 0 Å². The summed E-state index contributed by atoms with van der Waals surface area (Å²) in [7, 11) is 2.96. The Morgan fingerprint density at radius 1 is 1.11 bits per heavy atom. The summed E-state index contributed by atoms with van der Waals surface area (Å²) >= 11 is 6.10. The molecule has 0 atom stereocenters. The van der Waals surface area contributed by atoms with Gasteiger partial charge in [-0.05, 0) is 30.2 Å². The molecule has 0 radical (unpaired) electrons. The van der Waals surface area contributed by atoms with Gasteiger partial charge in [0.2, 0.25) is 0 Å². The molecule has 7 nitrogen and oxygen atoms in total. The molecular weight excluding hydrogens is 370 g/mol. The van der Waals surface area contributed by atoms with Crippen LogP contribution in [0.2, 0.25) is 5.02 Å². The third-order valence-corrected chi connectivity index (χ3v) is 3.90. The summed E-state index contributed by atoms with van der Waals surface area (Å²) in [6.45, 7) is 2.22. The number of methoxy groups -OCH3 is 2. The van der Waals surface area contributed by atoms with Crippen LogP contribution in [0.1, 0.15) is 16.7 Å². The van der Waals surface area contributed by atoms with Gasteiger partial charge in [-0.3, -0.25) is 9.59 Å². The van der Waals surface area contributed by atoms with Crippen molar-refractivity contribution in [3.05, 3.63) is 58.1 Å². The average molecular weight is 390 g/mol. The highest BCUT2D eigenvalue weighted by molar-refractivity contribution is 6.35. The summed E-state index contributed by atoms with van der Waals surface area (Å²) in [4.78, 5) is 23.6. The molecule has 0 fully saturated rings. The van der Waals surface area contributed by atoms with Crippen molar-refractivity contribution in [1.29, 1.82) is 0 Å². The normalized spacial score (nSPS) is 10.5. The van der Waals surface area contributed by atoms with E-state index in [0.29, 0.717) is 22.1 Å². The van der Waals surface area contributed by atoms with E-state index in [0.717, 1.165) is 11.1 Å². The molecule has 0 spiro atoms. The summed E-state index contributed by atoms with van der Waals surface area (Å²) in [6, 6.07) is 10.9. The van der Waals surface area contributed by atoms with Crippen LogP contribution in [0.15, 0.2) is 41.5 Å². The molecule has 0 aliphatic heterocycles. The van der Waals surface area contributed by atoms with Crippen molar-refractivity contribution in [3.63, 3.8) is 0 Å². The van der Waals surface area contributed by atoms with Gasteiger partial charge >= 0.3 is 11.8 Å². The highest BCUT2D eigenvalue weighted by atomic mass is 35.5. The molecule has 0 aliphatic carbocycles. The van der Waals surface area contributed by atoms with Gasteiger partial charge in [-0.1, -0.05) is 41.4 Å². The first-order valence-electron chi connectivity index (χ1n) is 8.03. The second kappa shape index (κ2) is 9.59. The molecule has 0 bridgehead atoms. The molecule has 0 aromatic heterocycles. The van der Waals surface area contributed by atoms with Gasteiger partial charge in [0, 0.05) is 6.54 Å². The molecule has 0 saturated heterocycles. The van der Waals surface area contributed by atoms with E-state index in [1.165, 1.54) is 20.4 Å². The fraction of sp³-hybridized carbons (Fsp3) is 0.211. The van der Waals surface area contributed by atoms with Crippen molar-refractivity contribution in [2.45, 2.75) is 13.5 Å². The van der Waals surface area contributed by atoms with E-state index in [-0.39, 0.29) is 6.54 Å². The molecule has 142 valence electrons. The second-order valence-corrected chi connectivity index (χ2v) is 6.01. The van der Waals surface area contributed by atoms with E-state index in [9.17, 15) is 9.59 Å². The molecule has 2 N–H and O–H groups in total. The highest BCUT2D eigenvalue weighted by Crippen LogP contribution is 2.35. The Balaban J connectivity index is 1.91. The van der Waals surface area contributed by atoms with E-state index in [1.807, 2.05) is 31.2 Å². The maximum Gasteiger partial charge on any atom is 0.329 e. The van der Waals surface area contributed by atoms with Crippen LogP contribution in [0.5, 0.6) is 11.5 Å². The summed E-state index contributed by atoms with van der Waals surface area (Å²) < 4.78 is 10.3. The number of nitrogens with one attached hydrogen (secondary N) is 2. The Hall–Kier alpha value is -3.06. The number of hydrazone groups is 1. The maximum absolute atomic E-state index is 11.8. The molecule has 2 aromatic carbocycles. The third kappa shape index (κ3) is 5.72. The lowest BCUT2D eigenvalue weighted by atomic mass is 10.1. The first-order valence-corrected chi connectivity index (χ1v) is 8.40. The van der Waals surface area contributed by atoms with E-state index < -0.39 is 11.8 Å². The number of hydrogen-bond acceptors (Lipinski definition) is 5. The summed E-state index contributed by atoms with van der Waals surface area (Å²) in [5.41, 5.74) is 4.74. The molecular formula is C19H20ClN3O4. The predicted molar refractivity (Wildman–Crippen MR) is 103 cm³/mol. The zero-order chi connectivity index (χ0) is 19.8. The number of amides is 2. The molecule has 2 amide bonds. The monoisotopic (exact) mass is 389 g/mol. The number of benzene rings is 2. The van der Waals surface area contributed by atoms with Crippen LogP contribution in [0, 0.1) is 6.92 Å². The van der Waals surface area contributed by atoms with Crippen LogP contribution in [0.25, 0.3) is 0 Å². The lowest BCUT2D eigenvalue weighted by Gasteiger charge is -2.09. The number of carbonyl (C=O) groups excluding carboxylic acids is 2. The van der Waals surface area contributed by atoms with E-state index in [4.69, 9.17) is 21.1 Å². The van der Waals surface area contributed by atoms with Gasteiger partial charge in [-0.25, -0.2) is 5.43 Å². The molecule has 8 heteroatoms. The van der Waals surface area contributed by atoms with Crippen LogP contribution < -0.4 is 20.2 Å². The summed E-state index contributed by atoms with van der Waals surface area (Å²) in [5.74, 6) is -0.826. The first-order chi connectivity index (χ1) is 12.9. The fourth-order valence-electron chi connectivity index (χ4n) is 2.20. The van der Waals surface area contributed by atoms with Gasteiger partial charge in [-0.2, -0.15) is 5.10 Å². The summed E-state index contributed by atoms with van der Waals surface area (Å²) in [5, 5.41) is 6.62. The summed E-state index contributed by atoms with van der Waals surface area (Å²) in [6.07, 6.45) is 1.35. The van der Waals surface area contributed by atoms with Crippen molar-refractivity contribution in [2.75, 3.05) is 14.2 Å². The lowest BCUT2D eigenvalue weighted by molar-refractivity contribution is -0.139. The Labute approximate surface area is 162 Å². The minimum atomic E-state index is -0.870. The highest BCUT2D eigenvalue weighted by Gasteiger charge is 2.13. The molecule has 0 unspecified atom stereocenters. The number of halogens is 1. The van der Waals surface area contributed by atoms with E-state index in [1.54, 1.807) is 12.1 Å². The van der Waals surface area contributed by atoms with Crippen molar-refractivity contribution < 1.29 is 19.1 Å². The van der Waals surface area contributed by atoms with Crippen LogP contribution >= 0.6 is 11.6 Å². The molecule has 2 rings (SSSR count). The SMILES string of the molecule is COc1cc(/C=N\NC(=O)C(=O)NCc2ccc(C)cc2)cc(Cl)c1OC. The minimum Gasteiger partial charge on any atom is -0.493 e. The molecule has 27 heavy (non-hydrogen) atoms. The molecule has 0 heterocycles. The topological polar surface area (TPSA) is 89.0 Å². The van der Waals surface area contributed by atoms with E-state index in [2.05, 4.69) is 15.8 Å². The lowest BCUT2D eigenvalue weighted by Crippen LogP contribution is -2.37. The quantitative estimate of drug-likeness (QED) is 0.451. The molecule has 0 aliphatic rings. The van der Waals surface area contributed by atoms with Crippen LogP contribution in [0.3, 0.4) is 0 Å². The zero-order valence-corrected chi connectivity index (χ0v) is 16.0. The number of aryl methyl sites for hydroxylation is 1. The smallest absolute Gasteiger partial charge is 0.329 e. The van der Waals surface area contributed by atoms with Crippen molar-refractivity contribution in [1.82, 2.24) is 10.7 Å². The van der Waals surface area contributed by atoms with E-state index >= 15 is 0 Å². The molecule has 2 aromatic rings. The number of nitrogens with zero attached hydrogens (tertiary/aromatic N) is 1. The minimum absolute atomic E-state index is 0.252. The Kier molecular flexibility index (Phi) is 7.19. The third-order valence-electron chi connectivity index (χ3n) is 3.62. The number of rotatable bonds is 6. The van der Waals surface area contributed by atoms with Crippen molar-refractivity contribution >= 4 is 29.6 Å². The second-order valence-electron chi connectivity index (χ2n) is 5.61. The van der Waals surface area contributed by atoms with Crippen molar-refractivity contribution in [2.24, 2.45) is 5.10 Å². The van der Waals surface area contributed by atoms with Gasteiger partial charge in [0.05, 0.1) is 25.5 Å². The van der Waals surface area contributed by atoms with Crippen molar-refractivity contribution in [3.8, 4) is 11.5 Å². The average Bonchev–Trinajstić information content (AvgIpc) is 2.66. The number of hydrogen-bond donors (Lipinski definition) is 2. The zero-order valence-electron chi connectivity index (χ0n) is 15.2. The van der Waals surface area contributed by atoms with Gasteiger partial charge < -0.3 is 14.8 Å². The van der Waals surface area contributed by atoms with Crippen LogP contribution in [-0.4, -0.2) is 32.2 Å².